The van der Waals surface area contributed by atoms with Gasteiger partial charge in [-0.3, -0.25) is 4.99 Å². The second kappa shape index (κ2) is 6.93. The predicted octanol–water partition coefficient (Wildman–Crippen LogP) is 2.87. The van der Waals surface area contributed by atoms with Gasteiger partial charge in [-0.2, -0.15) is 0 Å². The van der Waals surface area contributed by atoms with Gasteiger partial charge >= 0.3 is 0 Å². The number of nitrogens with zero attached hydrogens (tertiary/aromatic N) is 1. The lowest BCUT2D eigenvalue weighted by atomic mass is 10.1. The molecule has 0 aromatic rings. The first-order chi connectivity index (χ1) is 6.39. The first kappa shape index (κ1) is 10.6. The third kappa shape index (κ3) is 5.67. The molecule has 0 saturated heterocycles. The van der Waals surface area contributed by atoms with E-state index < -0.39 is 0 Å². The Morgan fingerprint density at radius 1 is 0.769 bits per heavy atom. The Balaban J connectivity index is 2.23. The summed E-state index contributed by atoms with van der Waals surface area (Å²) in [5.74, 6) is 0.876. The van der Waals surface area contributed by atoms with Crippen molar-refractivity contribution in [2.24, 2.45) is 10.7 Å². The van der Waals surface area contributed by atoms with Crippen molar-refractivity contribution in [1.29, 1.82) is 0 Å². The summed E-state index contributed by atoms with van der Waals surface area (Å²) in [5.41, 5.74) is 5.76. The number of rotatable bonds is 0. The van der Waals surface area contributed by atoms with Crippen LogP contribution < -0.4 is 5.73 Å². The maximum absolute atomic E-state index is 5.76. The van der Waals surface area contributed by atoms with Crippen LogP contribution in [0, 0.1) is 0 Å². The number of hydrogen-bond donors (Lipinski definition) is 1. The highest BCUT2D eigenvalue weighted by molar-refractivity contribution is 5.80. The molecule has 0 saturated carbocycles. The normalized spacial score (nSPS) is 26.6. The zero-order valence-electron chi connectivity index (χ0n) is 8.60. The molecule has 0 aliphatic carbocycles. The molecule has 1 heterocycles. The lowest BCUT2D eigenvalue weighted by molar-refractivity contribution is 0.568. The van der Waals surface area contributed by atoms with Crippen LogP contribution in [-0.2, 0) is 0 Å². The van der Waals surface area contributed by atoms with Crippen molar-refractivity contribution in [2.45, 2.75) is 57.8 Å². The van der Waals surface area contributed by atoms with E-state index in [1.807, 2.05) is 0 Å². The third-order valence-electron chi connectivity index (χ3n) is 2.66. The minimum absolute atomic E-state index is 0.876. The molecular formula is C11H22N2. The molecule has 0 spiro atoms. The molecule has 0 aromatic carbocycles. The summed E-state index contributed by atoms with van der Waals surface area (Å²) < 4.78 is 0. The van der Waals surface area contributed by atoms with Crippen LogP contribution >= 0.6 is 0 Å². The topological polar surface area (TPSA) is 38.4 Å². The fourth-order valence-electron chi connectivity index (χ4n) is 1.78. The summed E-state index contributed by atoms with van der Waals surface area (Å²) in [7, 11) is 0. The third-order valence-corrected chi connectivity index (χ3v) is 2.66. The highest BCUT2D eigenvalue weighted by atomic mass is 14.8. The average Bonchev–Trinajstić information content (AvgIpc) is 2.11. The van der Waals surface area contributed by atoms with E-state index in [9.17, 15) is 0 Å². The van der Waals surface area contributed by atoms with Crippen molar-refractivity contribution in [3.8, 4) is 0 Å². The summed E-state index contributed by atoms with van der Waals surface area (Å²) in [5, 5.41) is 0. The summed E-state index contributed by atoms with van der Waals surface area (Å²) in [6, 6.07) is 0. The maximum atomic E-state index is 5.76. The standard InChI is InChI=1S/C11H22N2/c12-11-9-7-5-3-1-2-4-6-8-10-13-11/h1-10H2,(H2,12,13). The lowest BCUT2D eigenvalue weighted by Gasteiger charge is -2.05. The van der Waals surface area contributed by atoms with Crippen LogP contribution in [0.1, 0.15) is 57.8 Å². The highest BCUT2D eigenvalue weighted by Crippen LogP contribution is 2.10. The number of amidine groups is 1. The average molecular weight is 182 g/mol. The number of aliphatic imine (C=N–C) groups is 1. The molecule has 13 heavy (non-hydrogen) atoms. The second-order valence-electron chi connectivity index (χ2n) is 3.95. The molecule has 0 radical (unpaired) electrons. The fourth-order valence-corrected chi connectivity index (χ4v) is 1.78. The smallest absolute Gasteiger partial charge is 0.0937 e. The molecular weight excluding hydrogens is 160 g/mol. The molecule has 0 bridgehead atoms. The Kier molecular flexibility index (Phi) is 5.62. The quantitative estimate of drug-likeness (QED) is 0.614. The van der Waals surface area contributed by atoms with Gasteiger partial charge in [0, 0.05) is 13.0 Å². The predicted molar refractivity (Wildman–Crippen MR) is 58.0 cm³/mol. The van der Waals surface area contributed by atoms with E-state index in [2.05, 4.69) is 4.99 Å². The van der Waals surface area contributed by atoms with Gasteiger partial charge in [0.15, 0.2) is 0 Å². The Bertz CT molecular complexity index is 152. The monoisotopic (exact) mass is 182 g/mol. The van der Waals surface area contributed by atoms with E-state index >= 15 is 0 Å². The minimum atomic E-state index is 0.876. The Hall–Kier alpha value is -0.530. The first-order valence-corrected chi connectivity index (χ1v) is 5.68. The van der Waals surface area contributed by atoms with Gasteiger partial charge in [-0.05, 0) is 12.8 Å². The van der Waals surface area contributed by atoms with Crippen molar-refractivity contribution >= 4 is 5.84 Å². The van der Waals surface area contributed by atoms with Gasteiger partial charge in [-0.15, -0.1) is 0 Å². The van der Waals surface area contributed by atoms with E-state index in [0.717, 1.165) is 18.8 Å². The molecule has 0 amide bonds. The number of hydrogen-bond acceptors (Lipinski definition) is 2. The Morgan fingerprint density at radius 3 is 2.00 bits per heavy atom. The van der Waals surface area contributed by atoms with Crippen molar-refractivity contribution in [3.63, 3.8) is 0 Å². The Labute approximate surface area is 81.6 Å². The van der Waals surface area contributed by atoms with E-state index in [0.29, 0.717) is 0 Å². The lowest BCUT2D eigenvalue weighted by Crippen LogP contribution is -2.12. The second-order valence-corrected chi connectivity index (χ2v) is 3.95. The molecule has 2 nitrogen and oxygen atoms in total. The molecule has 1 rings (SSSR count). The fraction of sp³-hybridized carbons (Fsp3) is 0.909. The zero-order chi connectivity index (χ0) is 9.36. The van der Waals surface area contributed by atoms with Crippen molar-refractivity contribution < 1.29 is 0 Å². The van der Waals surface area contributed by atoms with Crippen LogP contribution in [0.3, 0.4) is 0 Å². The van der Waals surface area contributed by atoms with Gasteiger partial charge in [-0.1, -0.05) is 38.5 Å². The van der Waals surface area contributed by atoms with Gasteiger partial charge in [0.2, 0.25) is 0 Å². The van der Waals surface area contributed by atoms with Crippen molar-refractivity contribution in [2.75, 3.05) is 6.54 Å². The molecule has 0 fully saturated rings. The van der Waals surface area contributed by atoms with E-state index in [1.54, 1.807) is 0 Å². The van der Waals surface area contributed by atoms with Crippen molar-refractivity contribution in [1.82, 2.24) is 0 Å². The van der Waals surface area contributed by atoms with Gasteiger partial charge in [-0.25, -0.2) is 0 Å². The molecule has 1 aliphatic heterocycles. The molecule has 0 atom stereocenters. The van der Waals surface area contributed by atoms with Crippen LogP contribution in [0.25, 0.3) is 0 Å². The molecule has 1 aliphatic rings. The number of nitrogens with two attached hydrogens (primary N) is 1. The zero-order valence-corrected chi connectivity index (χ0v) is 8.60. The summed E-state index contributed by atoms with van der Waals surface area (Å²) in [6.45, 7) is 0.950. The van der Waals surface area contributed by atoms with Gasteiger partial charge in [0.1, 0.15) is 0 Å². The molecule has 2 heteroatoms. The van der Waals surface area contributed by atoms with Crippen LogP contribution in [0.4, 0.5) is 0 Å². The van der Waals surface area contributed by atoms with Gasteiger partial charge in [0.05, 0.1) is 5.84 Å². The van der Waals surface area contributed by atoms with E-state index in [1.165, 1.54) is 51.4 Å². The summed E-state index contributed by atoms with van der Waals surface area (Å²) >= 11 is 0. The maximum Gasteiger partial charge on any atom is 0.0937 e. The van der Waals surface area contributed by atoms with Gasteiger partial charge < -0.3 is 5.73 Å². The highest BCUT2D eigenvalue weighted by Gasteiger charge is 1.97. The summed E-state index contributed by atoms with van der Waals surface area (Å²) in [4.78, 5) is 4.35. The van der Waals surface area contributed by atoms with Crippen molar-refractivity contribution in [3.05, 3.63) is 0 Å². The van der Waals surface area contributed by atoms with Crippen LogP contribution in [0.15, 0.2) is 4.99 Å². The molecule has 0 aromatic heterocycles. The van der Waals surface area contributed by atoms with Gasteiger partial charge in [0.25, 0.3) is 0 Å². The SMILES string of the molecule is N/C1=N/CCCCCCCCCC1. The van der Waals surface area contributed by atoms with Crippen LogP contribution in [0.2, 0.25) is 0 Å². The van der Waals surface area contributed by atoms with Crippen LogP contribution in [-0.4, -0.2) is 12.4 Å². The first-order valence-electron chi connectivity index (χ1n) is 5.68. The van der Waals surface area contributed by atoms with Crippen LogP contribution in [0.5, 0.6) is 0 Å². The van der Waals surface area contributed by atoms with E-state index in [4.69, 9.17) is 5.73 Å². The molecule has 0 unspecified atom stereocenters. The minimum Gasteiger partial charge on any atom is -0.387 e. The molecule has 76 valence electrons. The Morgan fingerprint density at radius 2 is 1.31 bits per heavy atom. The van der Waals surface area contributed by atoms with E-state index in [-0.39, 0.29) is 0 Å². The summed E-state index contributed by atoms with van der Waals surface area (Å²) in [6.07, 6.45) is 11.7. The largest absolute Gasteiger partial charge is 0.387 e. The molecule has 2 N–H and O–H groups in total.